The number of aliphatic carboxylic acids is 1. The molecule has 10 heteroatoms. The second-order valence-electron chi connectivity index (χ2n) is 8.05. The molecule has 32 heavy (non-hydrogen) atoms. The van der Waals surface area contributed by atoms with Crippen LogP contribution in [-0.2, 0) is 14.4 Å². The maximum absolute atomic E-state index is 13.1. The Kier molecular flexibility index (Phi) is 8.29. The first kappa shape index (κ1) is 23.4. The van der Waals surface area contributed by atoms with E-state index in [1.807, 2.05) is 6.07 Å². The highest BCUT2D eigenvalue weighted by Gasteiger charge is 2.30. The minimum Gasteiger partial charge on any atom is -0.481 e. The van der Waals surface area contributed by atoms with Crippen LogP contribution in [0.5, 0.6) is 0 Å². The van der Waals surface area contributed by atoms with Gasteiger partial charge in [0.15, 0.2) is 0 Å². The number of nitrogens with one attached hydrogen (secondary N) is 2. The van der Waals surface area contributed by atoms with Crippen molar-refractivity contribution in [2.24, 2.45) is 0 Å². The first-order valence-corrected chi connectivity index (χ1v) is 11.1. The van der Waals surface area contributed by atoms with E-state index in [-0.39, 0.29) is 25.2 Å². The van der Waals surface area contributed by atoms with Crippen molar-refractivity contribution >= 4 is 34.4 Å². The highest BCUT2D eigenvalue weighted by atomic mass is 16.4. The van der Waals surface area contributed by atoms with Gasteiger partial charge in [0.2, 0.25) is 5.91 Å². The summed E-state index contributed by atoms with van der Waals surface area (Å²) in [6, 6.07) is 4.46. The lowest BCUT2D eigenvalue weighted by atomic mass is 10.1. The summed E-state index contributed by atoms with van der Waals surface area (Å²) in [5, 5.41) is 22.6. The predicted molar refractivity (Wildman–Crippen MR) is 118 cm³/mol. The normalized spacial score (nSPS) is 16.2. The lowest BCUT2D eigenvalue weighted by Crippen LogP contribution is -2.45. The summed E-state index contributed by atoms with van der Waals surface area (Å²) in [6.45, 7) is 0.693. The van der Waals surface area contributed by atoms with Crippen molar-refractivity contribution in [2.45, 2.75) is 70.3 Å². The first-order valence-electron chi connectivity index (χ1n) is 11.1. The van der Waals surface area contributed by atoms with Gasteiger partial charge in [0, 0.05) is 25.1 Å². The van der Waals surface area contributed by atoms with Gasteiger partial charge in [-0.2, -0.15) is 4.68 Å². The minimum absolute atomic E-state index is 0.155. The Morgan fingerprint density at radius 1 is 1.09 bits per heavy atom. The van der Waals surface area contributed by atoms with E-state index in [2.05, 4.69) is 20.9 Å². The molecule has 0 aliphatic carbocycles. The van der Waals surface area contributed by atoms with E-state index in [9.17, 15) is 19.2 Å². The van der Waals surface area contributed by atoms with E-state index >= 15 is 0 Å². The molecule has 1 aliphatic heterocycles. The van der Waals surface area contributed by atoms with E-state index in [1.165, 1.54) is 0 Å². The van der Waals surface area contributed by atoms with Crippen molar-refractivity contribution in [3.05, 3.63) is 28.6 Å². The fourth-order valence-electron chi connectivity index (χ4n) is 3.87. The molecule has 3 rings (SSSR count). The van der Waals surface area contributed by atoms with Crippen LogP contribution in [0.15, 0.2) is 23.0 Å². The summed E-state index contributed by atoms with van der Waals surface area (Å²) in [5.74, 6) is -1.62. The number of carbonyl (C=O) groups excluding carboxylic acids is 2. The molecule has 172 valence electrons. The van der Waals surface area contributed by atoms with Gasteiger partial charge in [-0.15, -0.1) is 5.10 Å². The van der Waals surface area contributed by atoms with Crippen LogP contribution in [0.1, 0.15) is 70.3 Å². The molecular formula is C22H29N5O5. The molecule has 1 atom stereocenters. The summed E-state index contributed by atoms with van der Waals surface area (Å²) in [7, 11) is 0. The summed E-state index contributed by atoms with van der Waals surface area (Å²) < 4.78 is 1.07. The number of amides is 2. The molecule has 1 aromatic heterocycles. The lowest BCUT2D eigenvalue weighted by molar-refractivity contribution is -0.138. The maximum atomic E-state index is 13.1. The van der Waals surface area contributed by atoms with Gasteiger partial charge < -0.3 is 10.4 Å². The Hall–Kier alpha value is -3.30. The highest BCUT2D eigenvalue weighted by molar-refractivity contribution is 5.99. The van der Waals surface area contributed by atoms with Crippen LogP contribution in [0.2, 0.25) is 0 Å². The van der Waals surface area contributed by atoms with Crippen LogP contribution in [0.25, 0.3) is 10.9 Å². The third-order valence-electron chi connectivity index (χ3n) is 5.60. The van der Waals surface area contributed by atoms with Crippen LogP contribution in [0.3, 0.4) is 0 Å². The molecule has 2 heterocycles. The number of carboxylic acid groups (broad SMARTS) is 1. The molecule has 1 aliphatic rings. The zero-order chi connectivity index (χ0) is 22.9. The maximum Gasteiger partial charge on any atom is 0.303 e. The number of hydrogen-bond donors (Lipinski definition) is 3. The van der Waals surface area contributed by atoms with Crippen LogP contribution >= 0.6 is 0 Å². The van der Waals surface area contributed by atoms with Crippen molar-refractivity contribution in [3.8, 4) is 0 Å². The number of nitrogens with zero attached hydrogens (tertiary/aromatic N) is 3. The lowest BCUT2D eigenvalue weighted by Gasteiger charge is -2.21. The summed E-state index contributed by atoms with van der Waals surface area (Å²) in [5.41, 5.74) is 0.691. The molecule has 0 saturated carbocycles. The number of rotatable bonds is 12. The molecule has 1 saturated heterocycles. The number of benzene rings is 1. The average Bonchev–Trinajstić information content (AvgIpc) is 2.75. The molecular weight excluding hydrogens is 414 g/mol. The zero-order valence-electron chi connectivity index (χ0n) is 18.0. The monoisotopic (exact) mass is 443 g/mol. The molecule has 10 nitrogen and oxygen atoms in total. The van der Waals surface area contributed by atoms with Gasteiger partial charge in [0.1, 0.15) is 11.6 Å². The highest BCUT2D eigenvalue weighted by Crippen LogP contribution is 2.21. The number of imide groups is 1. The molecule has 1 fully saturated rings. The molecule has 0 bridgehead atoms. The Morgan fingerprint density at radius 3 is 2.53 bits per heavy atom. The zero-order valence-corrected chi connectivity index (χ0v) is 18.0. The standard InChI is InChI=1S/C22H29N5O5/c28-18-13-12-17(21(31)24-18)27-22(32)20-15(9-8-10-16(20)25-26-27)23-14-7-5-3-1-2-4-6-11-19(29)30/h8-10,17,23H,1-7,11-14H2,(H,29,30)(H,24,28,31). The van der Waals surface area contributed by atoms with Gasteiger partial charge in [0.25, 0.3) is 11.5 Å². The number of carboxylic acids is 1. The topological polar surface area (TPSA) is 143 Å². The minimum atomic E-state index is -0.847. The molecule has 2 aromatic rings. The molecule has 0 radical (unpaired) electrons. The number of anilines is 1. The second kappa shape index (κ2) is 11.4. The van der Waals surface area contributed by atoms with Crippen molar-refractivity contribution in [2.75, 3.05) is 11.9 Å². The first-order chi connectivity index (χ1) is 15.5. The number of hydrogen-bond acceptors (Lipinski definition) is 7. The third kappa shape index (κ3) is 6.12. The van der Waals surface area contributed by atoms with E-state index in [4.69, 9.17) is 5.11 Å². The van der Waals surface area contributed by atoms with Gasteiger partial charge in [-0.3, -0.25) is 24.5 Å². The predicted octanol–water partition coefficient (Wildman–Crippen LogP) is 2.39. The molecule has 2 amide bonds. The summed E-state index contributed by atoms with van der Waals surface area (Å²) >= 11 is 0. The molecule has 1 aromatic carbocycles. The van der Waals surface area contributed by atoms with E-state index in [0.29, 0.717) is 23.1 Å². The Balaban J connectivity index is 1.54. The Bertz CT molecular complexity index is 1040. The summed E-state index contributed by atoms with van der Waals surface area (Å²) in [6.07, 6.45) is 7.48. The molecule has 3 N–H and O–H groups in total. The quantitative estimate of drug-likeness (QED) is 0.335. The number of unbranched alkanes of at least 4 members (excludes halogenated alkanes) is 6. The van der Waals surface area contributed by atoms with Crippen molar-refractivity contribution in [1.29, 1.82) is 0 Å². The number of aromatic nitrogens is 3. The molecule has 1 unspecified atom stereocenters. The average molecular weight is 444 g/mol. The number of piperidine rings is 1. The number of carbonyl (C=O) groups is 3. The van der Waals surface area contributed by atoms with E-state index < -0.39 is 23.5 Å². The van der Waals surface area contributed by atoms with Crippen LogP contribution in [0.4, 0.5) is 5.69 Å². The van der Waals surface area contributed by atoms with Crippen molar-refractivity contribution in [1.82, 2.24) is 20.3 Å². The largest absolute Gasteiger partial charge is 0.481 e. The smallest absolute Gasteiger partial charge is 0.303 e. The van der Waals surface area contributed by atoms with Crippen LogP contribution in [0, 0.1) is 0 Å². The molecule has 0 spiro atoms. The Morgan fingerprint density at radius 2 is 1.81 bits per heavy atom. The van der Waals surface area contributed by atoms with Crippen molar-refractivity contribution in [3.63, 3.8) is 0 Å². The second-order valence-corrected chi connectivity index (χ2v) is 8.05. The van der Waals surface area contributed by atoms with Gasteiger partial charge in [-0.25, -0.2) is 0 Å². The van der Waals surface area contributed by atoms with Gasteiger partial charge in [0.05, 0.1) is 5.39 Å². The Labute approximate surface area is 185 Å². The SMILES string of the molecule is O=C(O)CCCCCCCCCNc1cccc2nnn(C3CCC(=O)NC3=O)c(=O)c12. The fraction of sp³-hybridized carbons (Fsp3) is 0.545. The third-order valence-corrected chi connectivity index (χ3v) is 5.60. The van der Waals surface area contributed by atoms with Gasteiger partial charge >= 0.3 is 5.97 Å². The van der Waals surface area contributed by atoms with Crippen molar-refractivity contribution < 1.29 is 19.5 Å². The van der Waals surface area contributed by atoms with Crippen LogP contribution in [-0.4, -0.2) is 44.4 Å². The van der Waals surface area contributed by atoms with Gasteiger partial charge in [-0.05, 0) is 31.4 Å². The van der Waals surface area contributed by atoms with E-state index in [0.717, 1.165) is 49.6 Å². The van der Waals surface area contributed by atoms with Gasteiger partial charge in [-0.1, -0.05) is 43.4 Å². The fourth-order valence-corrected chi connectivity index (χ4v) is 3.87. The van der Waals surface area contributed by atoms with E-state index in [1.54, 1.807) is 12.1 Å². The van der Waals surface area contributed by atoms with Crippen LogP contribution < -0.4 is 16.2 Å². The number of fused-ring (bicyclic) bond motifs is 1. The summed E-state index contributed by atoms with van der Waals surface area (Å²) in [4.78, 5) is 47.1.